The molecule has 4 aromatic carbocycles. The summed E-state index contributed by atoms with van der Waals surface area (Å²) in [6.45, 7) is 23.6. The number of hydrogen-bond acceptors (Lipinski definition) is 13. The number of sulfonamides is 4. The van der Waals surface area contributed by atoms with E-state index in [0.29, 0.717) is 95.3 Å². The van der Waals surface area contributed by atoms with Crippen LogP contribution in [0.1, 0.15) is 27.9 Å². The Morgan fingerprint density at radius 3 is 1.12 bits per heavy atom. The van der Waals surface area contributed by atoms with Gasteiger partial charge in [0.2, 0.25) is 40.1 Å². The molecule has 4 aliphatic rings. The maximum atomic E-state index is 13.2. The lowest BCUT2D eigenvalue weighted by Crippen LogP contribution is -2.48. The zero-order valence-electron chi connectivity index (χ0n) is 53.6. The first kappa shape index (κ1) is 73.7. The maximum absolute atomic E-state index is 13.2. The third-order valence-electron chi connectivity index (χ3n) is 14.3. The Balaban J connectivity index is 0.000000189. The first-order valence-electron chi connectivity index (χ1n) is 29.6. The summed E-state index contributed by atoms with van der Waals surface area (Å²) < 4.78 is 111. The van der Waals surface area contributed by atoms with Gasteiger partial charge >= 0.3 is 0 Å². The number of aromatic nitrogens is 2. The fraction of sp³-hybridized carbons (Fsp3) is 0.400. The number of hydrogen-bond donors (Lipinski definition) is 2. The molecule has 0 radical (unpaired) electrons. The highest BCUT2D eigenvalue weighted by Gasteiger charge is 2.26. The van der Waals surface area contributed by atoms with Crippen molar-refractivity contribution in [1.29, 1.82) is 0 Å². The van der Waals surface area contributed by atoms with Crippen molar-refractivity contribution in [3.8, 4) is 47.1 Å². The van der Waals surface area contributed by atoms with Gasteiger partial charge in [0.15, 0.2) is 0 Å². The number of rotatable bonds is 7. The molecule has 0 bridgehead atoms. The number of pyridine rings is 1. The van der Waals surface area contributed by atoms with Crippen LogP contribution in [0, 0.1) is 52.9 Å². The molecule has 6 heterocycles. The molecule has 0 atom stereocenters. The Morgan fingerprint density at radius 1 is 0.462 bits per heavy atom. The molecular formula is C65H84BrFN10O8S4Si2. The fourth-order valence-electron chi connectivity index (χ4n) is 9.34. The number of piperazine rings is 4. The second-order valence-electron chi connectivity index (χ2n) is 24.2. The van der Waals surface area contributed by atoms with Gasteiger partial charge in [-0.15, -0.1) is 17.5 Å². The zero-order valence-corrected chi connectivity index (χ0v) is 60.4. The maximum Gasteiger partial charge on any atom is 0.211 e. The highest BCUT2D eigenvalue weighted by Crippen LogP contribution is 2.22. The number of fused-ring (bicyclic) bond motifs is 1. The summed E-state index contributed by atoms with van der Waals surface area (Å²) in [6.07, 6.45) is 11.5. The number of nitrogens with one attached hydrogen (secondary N) is 2. The summed E-state index contributed by atoms with van der Waals surface area (Å²) in [7, 11) is -14.8. The highest BCUT2D eigenvalue weighted by molar-refractivity contribution is 9.10. The van der Waals surface area contributed by atoms with Crippen molar-refractivity contribution in [3.05, 3.63) is 154 Å². The third kappa shape index (κ3) is 25.6. The van der Waals surface area contributed by atoms with Gasteiger partial charge in [0.1, 0.15) is 27.6 Å². The number of nitrogens with zero attached hydrogens (tertiary/aromatic N) is 8. The van der Waals surface area contributed by atoms with Crippen molar-refractivity contribution < 1.29 is 38.1 Å². The van der Waals surface area contributed by atoms with Crippen LogP contribution in [0.15, 0.2) is 120 Å². The lowest BCUT2D eigenvalue weighted by Gasteiger charge is -2.34. The number of terminal acetylenes is 1. The molecule has 0 aliphatic carbocycles. The smallest absolute Gasteiger partial charge is 0.211 e. The van der Waals surface area contributed by atoms with E-state index in [4.69, 9.17) is 6.42 Å². The first-order chi connectivity index (χ1) is 42.6. The van der Waals surface area contributed by atoms with E-state index >= 15 is 0 Å². The van der Waals surface area contributed by atoms with Crippen LogP contribution in [0.2, 0.25) is 39.3 Å². The van der Waals surface area contributed by atoms with Crippen LogP contribution < -0.4 is 20.0 Å². The van der Waals surface area contributed by atoms with Gasteiger partial charge in [-0.05, 0) is 115 Å². The van der Waals surface area contributed by atoms with Crippen LogP contribution in [-0.4, -0.2) is 207 Å². The van der Waals surface area contributed by atoms with Gasteiger partial charge in [0, 0.05) is 154 Å². The van der Waals surface area contributed by atoms with E-state index in [2.05, 4.69) is 138 Å². The molecular weight excluding hydrogens is 1330 g/mol. The van der Waals surface area contributed by atoms with E-state index < -0.39 is 56.2 Å². The van der Waals surface area contributed by atoms with Gasteiger partial charge in [-0.1, -0.05) is 78.9 Å². The van der Waals surface area contributed by atoms with E-state index in [0.717, 1.165) is 70.0 Å². The summed E-state index contributed by atoms with van der Waals surface area (Å²) in [5.41, 5.74) is 15.1. The van der Waals surface area contributed by atoms with Crippen LogP contribution in [-0.2, 0) is 40.1 Å². The molecule has 0 saturated carbocycles. The number of H-pyrrole nitrogens is 1. The monoisotopic (exact) mass is 1410 g/mol. The molecule has 0 spiro atoms. The van der Waals surface area contributed by atoms with Crippen LogP contribution in [0.5, 0.6) is 0 Å². The molecule has 4 aliphatic heterocycles. The normalized spacial score (nSPS) is 16.3. The van der Waals surface area contributed by atoms with Crippen LogP contribution in [0.4, 0.5) is 21.5 Å². The average molecular weight is 1420 g/mol. The topological polar surface area (TPSA) is 200 Å². The van der Waals surface area contributed by atoms with Gasteiger partial charge in [-0.3, -0.25) is 0 Å². The number of benzene rings is 4. The molecule has 2 N–H and O–H groups in total. The molecule has 488 valence electrons. The summed E-state index contributed by atoms with van der Waals surface area (Å²) in [5, 5.41) is 3.77. The van der Waals surface area contributed by atoms with Gasteiger partial charge < -0.3 is 25.0 Å². The van der Waals surface area contributed by atoms with Gasteiger partial charge in [0.05, 0.1) is 36.9 Å². The summed E-state index contributed by atoms with van der Waals surface area (Å²) >= 11 is 3.40. The number of halogens is 2. The van der Waals surface area contributed by atoms with Gasteiger partial charge in [-0.2, -0.15) is 17.2 Å². The molecule has 26 heteroatoms. The van der Waals surface area contributed by atoms with Gasteiger partial charge in [-0.25, -0.2) is 43.0 Å². The van der Waals surface area contributed by atoms with Crippen molar-refractivity contribution in [1.82, 2.24) is 32.5 Å². The average Bonchev–Trinajstić information content (AvgIpc) is 2.39. The molecule has 6 aromatic rings. The minimum Gasteiger partial charge on any atom is -0.369 e. The van der Waals surface area contributed by atoms with E-state index in [1.54, 1.807) is 6.07 Å². The van der Waals surface area contributed by atoms with Crippen molar-refractivity contribution >= 4 is 100 Å². The Labute approximate surface area is 551 Å². The van der Waals surface area contributed by atoms with Gasteiger partial charge in [0.25, 0.3) is 0 Å². The predicted molar refractivity (Wildman–Crippen MR) is 379 cm³/mol. The zero-order chi connectivity index (χ0) is 66.8. The fourth-order valence-corrected chi connectivity index (χ4v) is 14.0. The van der Waals surface area contributed by atoms with Crippen molar-refractivity contribution in [3.63, 3.8) is 0 Å². The SMILES string of the molecule is C#Cc1ccc(N2CCN(S(C)(=O)=O)CC2)cc1.CS(=O)(=O)N1CCN(c2ccc(C#Cc3cc4cc(F)cnc4[nH]3)cc2)CC1.CS(=O)(=O)N1CCNCC1.C[Si](C)(C)C#Cc1ccc(Br)cc1.C[Si](C)(C)C#Cc1ccc(N2CCN(S(C)(=O)=O)CC2)cc1. The molecule has 2 aromatic heterocycles. The largest absolute Gasteiger partial charge is 0.369 e. The first-order valence-corrected chi connectivity index (χ1v) is 44.8. The van der Waals surface area contributed by atoms with Crippen LogP contribution >= 0.6 is 15.9 Å². The molecule has 4 fully saturated rings. The second kappa shape index (κ2) is 33.0. The molecule has 10 rings (SSSR count). The molecule has 0 amide bonds. The molecule has 91 heavy (non-hydrogen) atoms. The van der Waals surface area contributed by atoms with E-state index in [9.17, 15) is 38.1 Å². The Bertz CT molecular complexity index is 4100. The Kier molecular flexibility index (Phi) is 26.7. The Morgan fingerprint density at radius 2 is 0.791 bits per heavy atom. The lowest BCUT2D eigenvalue weighted by molar-refractivity contribution is 0.363. The summed E-state index contributed by atoms with van der Waals surface area (Å²) in [4.78, 5) is 13.6. The standard InChI is InChI=1S/C20H19FN4O2S.C16H24N2O2SSi.C13H16N2O2S.C11H13BrSi.C5H12N2O2S/c1-28(26,27)25-10-8-24(9-11-25)19-6-3-15(4-7-19)2-5-18-13-16-12-17(21)14-22-20(16)23-18;1-21(19,20)18-12-10-17(11-13-18)16-7-5-15(6-8-16)9-14-22(2,3)4;1-3-12-4-6-13(7-5-12)14-8-10-15(11-9-14)18(2,16)17;1-13(2,3)9-8-10-4-6-11(12)7-5-10;1-10(8,9)7-4-2-6-3-5-7/h3-4,6-7,12-14H,8-11H2,1H3,(H,22,23);5-8H,10-13H2,1-4H3;1,4-7H,8-11H2,2H3;4-7H,1-3H3;6H,2-5H2,1H3. The third-order valence-corrected chi connectivity index (χ3v) is 21.8. The van der Waals surface area contributed by atoms with Crippen molar-refractivity contribution in [2.45, 2.75) is 39.3 Å². The van der Waals surface area contributed by atoms with Crippen LogP contribution in [0.25, 0.3) is 11.0 Å². The molecule has 18 nitrogen and oxygen atoms in total. The summed E-state index contributed by atoms with van der Waals surface area (Å²) in [6, 6.07) is 35.2. The minimum atomic E-state index is -3.12. The van der Waals surface area contributed by atoms with E-state index in [1.165, 1.54) is 54.5 Å². The number of aromatic amines is 1. The molecule has 0 unspecified atom stereocenters. The van der Waals surface area contributed by atoms with Crippen LogP contribution in [0.3, 0.4) is 0 Å². The van der Waals surface area contributed by atoms with E-state index in [1.807, 2.05) is 84.9 Å². The quantitative estimate of drug-likeness (QED) is 0.118. The molecule has 4 saturated heterocycles. The second-order valence-corrected chi connectivity index (χ2v) is 42.5. The summed E-state index contributed by atoms with van der Waals surface area (Å²) in [5.74, 6) is 14.8. The predicted octanol–water partition coefficient (Wildman–Crippen LogP) is 7.46. The highest BCUT2D eigenvalue weighted by atomic mass is 79.9. The Hall–Kier alpha value is -6.35. The lowest BCUT2D eigenvalue weighted by atomic mass is 10.2. The number of anilines is 3. The van der Waals surface area contributed by atoms with Crippen molar-refractivity contribution in [2.75, 3.05) is 144 Å². The van der Waals surface area contributed by atoms with E-state index in [-0.39, 0.29) is 5.82 Å². The minimum absolute atomic E-state index is 0.376. The van der Waals surface area contributed by atoms with Crippen molar-refractivity contribution in [2.24, 2.45) is 0 Å².